The number of aryl methyl sites for hydroxylation is 2. The van der Waals surface area contributed by atoms with E-state index in [1.165, 1.54) is 0 Å². The summed E-state index contributed by atoms with van der Waals surface area (Å²) >= 11 is 5.83. The molecule has 0 radical (unpaired) electrons. The molecule has 0 unspecified atom stereocenters. The maximum Gasteiger partial charge on any atom is 0.222 e. The summed E-state index contributed by atoms with van der Waals surface area (Å²) < 4.78 is 1.97. The van der Waals surface area contributed by atoms with Crippen LogP contribution in [-0.4, -0.2) is 14.5 Å². The summed E-state index contributed by atoms with van der Waals surface area (Å²) in [5, 5.41) is 10.6. The van der Waals surface area contributed by atoms with Gasteiger partial charge in [-0.3, -0.25) is 0 Å². The number of hydrogen-bond acceptors (Lipinski definition) is 3. The molecule has 0 aliphatic rings. The van der Waals surface area contributed by atoms with Crippen LogP contribution in [0.3, 0.4) is 0 Å². The molecule has 5 heteroatoms. The van der Waals surface area contributed by atoms with E-state index in [0.717, 1.165) is 22.0 Å². The van der Waals surface area contributed by atoms with E-state index in [1.54, 1.807) is 12.3 Å². The number of rotatable bonds is 1. The summed E-state index contributed by atoms with van der Waals surface area (Å²) in [7, 11) is 1.94. The number of halogens is 1. The van der Waals surface area contributed by atoms with Gasteiger partial charge in [0.05, 0.1) is 16.8 Å². The summed E-state index contributed by atoms with van der Waals surface area (Å²) in [6.07, 6.45) is 3.63. The second-order valence-corrected chi connectivity index (χ2v) is 5.00. The third kappa shape index (κ3) is 1.93. The first-order valence-electron chi connectivity index (χ1n) is 6.09. The van der Waals surface area contributed by atoms with E-state index >= 15 is 0 Å². The Bertz CT molecular complexity index is 858. The normalized spacial score (nSPS) is 10.7. The number of nitrogens with zero attached hydrogens (tertiary/aromatic N) is 4. The Kier molecular flexibility index (Phi) is 2.92. The predicted molar refractivity (Wildman–Crippen MR) is 78.4 cm³/mol. The topological polar surface area (TPSA) is 54.5 Å². The van der Waals surface area contributed by atoms with E-state index in [2.05, 4.69) is 16.0 Å². The molecular formula is C15H11ClN4. The van der Waals surface area contributed by atoms with Gasteiger partial charge in [0, 0.05) is 30.4 Å². The van der Waals surface area contributed by atoms with Crippen molar-refractivity contribution in [1.82, 2.24) is 14.5 Å². The molecule has 3 aromatic rings. The molecule has 2 heterocycles. The fourth-order valence-electron chi connectivity index (χ4n) is 2.47. The van der Waals surface area contributed by atoms with Crippen molar-refractivity contribution >= 4 is 22.5 Å². The number of benzene rings is 1. The minimum absolute atomic E-state index is 0.200. The van der Waals surface area contributed by atoms with Crippen molar-refractivity contribution in [2.24, 2.45) is 7.05 Å². The molecule has 0 spiro atoms. The minimum Gasteiger partial charge on any atom is -0.349 e. The van der Waals surface area contributed by atoms with Gasteiger partial charge in [-0.1, -0.05) is 0 Å². The second-order valence-electron chi connectivity index (χ2n) is 4.67. The first-order valence-corrected chi connectivity index (χ1v) is 6.46. The molecule has 0 saturated heterocycles. The van der Waals surface area contributed by atoms with Gasteiger partial charge in [-0.15, -0.1) is 0 Å². The van der Waals surface area contributed by atoms with Crippen LogP contribution in [0.15, 0.2) is 30.6 Å². The molecule has 0 amide bonds. The van der Waals surface area contributed by atoms with Gasteiger partial charge in [-0.25, -0.2) is 9.97 Å². The second kappa shape index (κ2) is 4.62. The SMILES string of the molecule is Cc1cn(C)c2c(C#N)cc(-c3ccnc(Cl)n3)cc12. The third-order valence-electron chi connectivity index (χ3n) is 3.32. The lowest BCUT2D eigenvalue weighted by atomic mass is 10.0. The van der Waals surface area contributed by atoms with Crippen molar-refractivity contribution in [2.75, 3.05) is 0 Å². The van der Waals surface area contributed by atoms with Crippen molar-refractivity contribution in [2.45, 2.75) is 6.92 Å². The van der Waals surface area contributed by atoms with Crippen LogP contribution in [0.5, 0.6) is 0 Å². The average Bonchev–Trinajstić information content (AvgIpc) is 2.73. The van der Waals surface area contributed by atoms with Gasteiger partial charge in [0.25, 0.3) is 0 Å². The van der Waals surface area contributed by atoms with Crippen LogP contribution in [0.4, 0.5) is 0 Å². The van der Waals surface area contributed by atoms with E-state index in [0.29, 0.717) is 11.3 Å². The van der Waals surface area contributed by atoms with Gasteiger partial charge in [0.15, 0.2) is 0 Å². The Morgan fingerprint density at radius 2 is 2.15 bits per heavy atom. The van der Waals surface area contributed by atoms with E-state index in [4.69, 9.17) is 11.6 Å². The van der Waals surface area contributed by atoms with Crippen LogP contribution >= 0.6 is 11.6 Å². The zero-order valence-corrected chi connectivity index (χ0v) is 11.8. The Morgan fingerprint density at radius 3 is 2.85 bits per heavy atom. The lowest BCUT2D eigenvalue weighted by Gasteiger charge is -2.05. The zero-order chi connectivity index (χ0) is 14.3. The van der Waals surface area contributed by atoms with Gasteiger partial charge < -0.3 is 4.57 Å². The molecule has 0 fully saturated rings. The van der Waals surface area contributed by atoms with Crippen molar-refractivity contribution in [3.05, 3.63) is 47.0 Å². The van der Waals surface area contributed by atoms with Crippen molar-refractivity contribution in [1.29, 1.82) is 5.26 Å². The molecule has 98 valence electrons. The average molecular weight is 283 g/mol. The summed E-state index contributed by atoms with van der Waals surface area (Å²) in [5.41, 5.74) is 4.28. The van der Waals surface area contributed by atoms with Crippen LogP contribution in [0.1, 0.15) is 11.1 Å². The molecule has 0 aliphatic carbocycles. The molecule has 1 aromatic carbocycles. The number of aromatic nitrogens is 3. The molecule has 20 heavy (non-hydrogen) atoms. The molecule has 3 rings (SSSR count). The summed E-state index contributed by atoms with van der Waals surface area (Å²) in [4.78, 5) is 8.08. The van der Waals surface area contributed by atoms with E-state index < -0.39 is 0 Å². The predicted octanol–water partition coefficient (Wildman–Crippen LogP) is 3.47. The molecule has 0 bridgehead atoms. The largest absolute Gasteiger partial charge is 0.349 e. The van der Waals surface area contributed by atoms with Crippen LogP contribution in [0.2, 0.25) is 5.28 Å². The van der Waals surface area contributed by atoms with Crippen LogP contribution in [-0.2, 0) is 7.05 Å². The zero-order valence-electron chi connectivity index (χ0n) is 11.1. The number of hydrogen-bond donors (Lipinski definition) is 0. The highest BCUT2D eigenvalue weighted by Gasteiger charge is 2.12. The van der Waals surface area contributed by atoms with Gasteiger partial charge in [0.2, 0.25) is 5.28 Å². The monoisotopic (exact) mass is 282 g/mol. The Balaban J connectivity index is 2.34. The Morgan fingerprint density at radius 1 is 1.35 bits per heavy atom. The first kappa shape index (κ1) is 12.6. The fraction of sp³-hybridized carbons (Fsp3) is 0.133. The van der Waals surface area contributed by atoms with Gasteiger partial charge >= 0.3 is 0 Å². The molecule has 4 nitrogen and oxygen atoms in total. The Hall–Kier alpha value is -2.38. The Labute approximate surface area is 121 Å². The quantitative estimate of drug-likeness (QED) is 0.642. The summed E-state index contributed by atoms with van der Waals surface area (Å²) in [5.74, 6) is 0. The van der Waals surface area contributed by atoms with Gasteiger partial charge in [-0.2, -0.15) is 5.26 Å². The molecular weight excluding hydrogens is 272 g/mol. The number of fused-ring (bicyclic) bond motifs is 1. The molecule has 0 atom stereocenters. The minimum atomic E-state index is 0.200. The maximum absolute atomic E-state index is 9.37. The molecule has 0 N–H and O–H groups in total. The van der Waals surface area contributed by atoms with Gasteiger partial charge in [0.1, 0.15) is 6.07 Å². The highest BCUT2D eigenvalue weighted by molar-refractivity contribution is 6.28. The highest BCUT2D eigenvalue weighted by atomic mass is 35.5. The van der Waals surface area contributed by atoms with E-state index in [1.807, 2.05) is 36.9 Å². The van der Waals surface area contributed by atoms with Crippen molar-refractivity contribution < 1.29 is 0 Å². The lowest BCUT2D eigenvalue weighted by molar-refractivity contribution is 0.962. The van der Waals surface area contributed by atoms with E-state index in [-0.39, 0.29) is 5.28 Å². The standard InChI is InChI=1S/C15H11ClN4/c1-9-8-20(2)14-11(7-17)5-10(6-12(9)14)13-3-4-18-15(16)19-13/h3-6,8H,1-2H3. The fourth-order valence-corrected chi connectivity index (χ4v) is 2.62. The van der Waals surface area contributed by atoms with Crippen LogP contribution < -0.4 is 0 Å². The van der Waals surface area contributed by atoms with Gasteiger partial charge in [-0.05, 0) is 42.3 Å². The molecule has 0 aliphatic heterocycles. The summed E-state index contributed by atoms with van der Waals surface area (Å²) in [6.45, 7) is 2.03. The smallest absolute Gasteiger partial charge is 0.222 e. The third-order valence-corrected chi connectivity index (χ3v) is 3.50. The lowest BCUT2D eigenvalue weighted by Crippen LogP contribution is -1.91. The number of nitriles is 1. The molecule has 2 aromatic heterocycles. The summed E-state index contributed by atoms with van der Waals surface area (Å²) in [6, 6.07) is 7.90. The maximum atomic E-state index is 9.37. The van der Waals surface area contributed by atoms with Crippen LogP contribution in [0.25, 0.3) is 22.2 Å². The van der Waals surface area contributed by atoms with Crippen LogP contribution in [0, 0.1) is 18.3 Å². The van der Waals surface area contributed by atoms with Crippen molar-refractivity contribution in [3.63, 3.8) is 0 Å². The highest BCUT2D eigenvalue weighted by Crippen LogP contribution is 2.29. The van der Waals surface area contributed by atoms with Crippen molar-refractivity contribution in [3.8, 4) is 17.3 Å². The molecule has 0 saturated carbocycles. The first-order chi connectivity index (χ1) is 9.60. The van der Waals surface area contributed by atoms with E-state index in [9.17, 15) is 5.26 Å².